The molecule has 1 amide bonds. The Balaban J connectivity index is 1.42. The lowest BCUT2D eigenvalue weighted by atomic mass is 10.1. The lowest BCUT2D eigenvalue weighted by Crippen LogP contribution is -2.25. The van der Waals surface area contributed by atoms with Gasteiger partial charge in [0.25, 0.3) is 5.91 Å². The largest absolute Gasteiger partial charge is 0.351 e. The number of amides is 1. The average Bonchev–Trinajstić information content (AvgIpc) is 3.40. The summed E-state index contributed by atoms with van der Waals surface area (Å²) in [5.74, 6) is 1.44. The van der Waals surface area contributed by atoms with Crippen LogP contribution in [0.3, 0.4) is 0 Å². The average molecular weight is 320 g/mol. The van der Waals surface area contributed by atoms with Crippen LogP contribution in [0.4, 0.5) is 0 Å². The fourth-order valence-corrected chi connectivity index (χ4v) is 2.98. The van der Waals surface area contributed by atoms with Crippen LogP contribution < -0.4 is 5.32 Å². The van der Waals surface area contributed by atoms with Gasteiger partial charge in [-0.25, -0.2) is 4.98 Å². The van der Waals surface area contributed by atoms with Gasteiger partial charge in [0.2, 0.25) is 0 Å². The summed E-state index contributed by atoms with van der Waals surface area (Å²) in [6.07, 6.45) is 9.76. The van der Waals surface area contributed by atoms with Gasteiger partial charge in [0, 0.05) is 31.1 Å². The monoisotopic (exact) mass is 320 g/mol. The first-order valence-corrected chi connectivity index (χ1v) is 8.47. The number of hydrogen-bond acceptors (Lipinski definition) is 3. The Hall–Kier alpha value is -2.69. The molecule has 0 spiro atoms. The minimum Gasteiger partial charge on any atom is -0.351 e. The molecule has 0 saturated heterocycles. The van der Waals surface area contributed by atoms with Gasteiger partial charge < -0.3 is 9.72 Å². The second kappa shape index (κ2) is 6.43. The molecule has 4 rings (SSSR count). The molecule has 1 N–H and O–H groups in total. The molecular formula is C19H20N4O. The van der Waals surface area contributed by atoms with Crippen molar-refractivity contribution in [1.82, 2.24) is 19.7 Å². The summed E-state index contributed by atoms with van der Waals surface area (Å²) < 4.78 is 2.06. The van der Waals surface area contributed by atoms with Gasteiger partial charge in [0.1, 0.15) is 5.82 Å². The highest BCUT2D eigenvalue weighted by Gasteiger charge is 2.30. The summed E-state index contributed by atoms with van der Waals surface area (Å²) in [6.45, 7) is 0.637. The molecule has 3 aromatic rings. The van der Waals surface area contributed by atoms with Crippen molar-refractivity contribution in [1.29, 1.82) is 0 Å². The SMILES string of the molecule is O=C(NCCCc1cccnc1)c1nc(C2CC2)n2ccccc12. The predicted octanol–water partition coefficient (Wildman–Crippen LogP) is 2.97. The molecule has 0 bridgehead atoms. The topological polar surface area (TPSA) is 59.3 Å². The number of hydrogen-bond donors (Lipinski definition) is 1. The van der Waals surface area contributed by atoms with Crippen molar-refractivity contribution in [2.75, 3.05) is 6.54 Å². The first-order valence-electron chi connectivity index (χ1n) is 8.47. The highest BCUT2D eigenvalue weighted by molar-refractivity contribution is 5.99. The molecule has 1 saturated carbocycles. The Bertz CT molecular complexity index is 852. The number of pyridine rings is 2. The second-order valence-electron chi connectivity index (χ2n) is 6.27. The van der Waals surface area contributed by atoms with Crippen LogP contribution >= 0.6 is 0 Å². The van der Waals surface area contributed by atoms with E-state index in [-0.39, 0.29) is 5.91 Å². The number of nitrogens with one attached hydrogen (secondary N) is 1. The quantitative estimate of drug-likeness (QED) is 0.710. The zero-order valence-electron chi connectivity index (χ0n) is 13.5. The van der Waals surface area contributed by atoms with E-state index in [1.807, 2.05) is 36.7 Å². The molecule has 0 aromatic carbocycles. The molecule has 3 heterocycles. The molecule has 1 fully saturated rings. The predicted molar refractivity (Wildman–Crippen MR) is 92.1 cm³/mol. The van der Waals surface area contributed by atoms with E-state index in [1.54, 1.807) is 6.20 Å². The third-order valence-electron chi connectivity index (χ3n) is 4.38. The van der Waals surface area contributed by atoms with Crippen molar-refractivity contribution in [3.63, 3.8) is 0 Å². The third-order valence-corrected chi connectivity index (χ3v) is 4.38. The first kappa shape index (κ1) is 14.9. The zero-order chi connectivity index (χ0) is 16.4. The second-order valence-corrected chi connectivity index (χ2v) is 6.27. The van der Waals surface area contributed by atoms with Crippen LogP contribution in [0.1, 0.15) is 47.1 Å². The van der Waals surface area contributed by atoms with Crippen molar-refractivity contribution in [3.05, 3.63) is 66.0 Å². The van der Waals surface area contributed by atoms with Gasteiger partial charge in [0.05, 0.1) is 5.52 Å². The minimum atomic E-state index is -0.0863. The molecule has 1 aliphatic rings. The van der Waals surface area contributed by atoms with Crippen molar-refractivity contribution >= 4 is 11.4 Å². The van der Waals surface area contributed by atoms with Crippen molar-refractivity contribution in [3.8, 4) is 0 Å². The van der Waals surface area contributed by atoms with E-state index in [0.717, 1.165) is 24.2 Å². The number of aromatic nitrogens is 3. The highest BCUT2D eigenvalue weighted by Crippen LogP contribution is 2.39. The van der Waals surface area contributed by atoms with Crippen LogP contribution in [0.25, 0.3) is 5.52 Å². The van der Waals surface area contributed by atoms with E-state index >= 15 is 0 Å². The van der Waals surface area contributed by atoms with Crippen LogP contribution in [0, 0.1) is 0 Å². The molecule has 122 valence electrons. The molecule has 1 aliphatic carbocycles. The maximum Gasteiger partial charge on any atom is 0.272 e. The summed E-state index contributed by atoms with van der Waals surface area (Å²) in [6, 6.07) is 9.89. The first-order chi connectivity index (χ1) is 11.8. The number of carbonyl (C=O) groups excluding carboxylic acids is 1. The smallest absolute Gasteiger partial charge is 0.272 e. The number of fused-ring (bicyclic) bond motifs is 1. The van der Waals surface area contributed by atoms with Crippen LogP contribution in [0.5, 0.6) is 0 Å². The lowest BCUT2D eigenvalue weighted by molar-refractivity contribution is 0.0950. The van der Waals surface area contributed by atoms with Gasteiger partial charge >= 0.3 is 0 Å². The Morgan fingerprint density at radius 1 is 1.25 bits per heavy atom. The molecule has 0 unspecified atom stereocenters. The van der Waals surface area contributed by atoms with Gasteiger partial charge in [-0.15, -0.1) is 0 Å². The van der Waals surface area contributed by atoms with Crippen molar-refractivity contribution in [2.45, 2.75) is 31.6 Å². The third kappa shape index (κ3) is 3.02. The Labute approximate surface area is 140 Å². The van der Waals surface area contributed by atoms with Gasteiger partial charge in [-0.2, -0.15) is 0 Å². The Morgan fingerprint density at radius 3 is 2.96 bits per heavy atom. The molecular weight excluding hydrogens is 300 g/mol. The summed E-state index contributed by atoms with van der Waals surface area (Å²) in [5, 5.41) is 3.00. The molecule has 0 aliphatic heterocycles. The van der Waals surface area contributed by atoms with E-state index in [9.17, 15) is 4.79 Å². The van der Waals surface area contributed by atoms with E-state index in [2.05, 4.69) is 25.8 Å². The van der Waals surface area contributed by atoms with Gasteiger partial charge in [-0.1, -0.05) is 12.1 Å². The van der Waals surface area contributed by atoms with Gasteiger partial charge in [0.15, 0.2) is 5.69 Å². The number of nitrogens with zero attached hydrogens (tertiary/aromatic N) is 3. The van der Waals surface area contributed by atoms with E-state index in [1.165, 1.54) is 18.4 Å². The standard InChI is InChI=1S/C19H20N4O/c24-19(21-11-4-6-14-5-3-10-20-13-14)17-16-7-1-2-12-23(16)18(22-17)15-8-9-15/h1-3,5,7,10,12-13,15H,4,6,8-9,11H2,(H,21,24). The van der Waals surface area contributed by atoms with Crippen LogP contribution in [-0.2, 0) is 6.42 Å². The number of imidazole rings is 1. The van der Waals surface area contributed by atoms with Crippen molar-refractivity contribution < 1.29 is 4.79 Å². The molecule has 3 aromatic heterocycles. The maximum absolute atomic E-state index is 12.5. The van der Waals surface area contributed by atoms with Crippen LogP contribution in [0.15, 0.2) is 48.9 Å². The fourth-order valence-electron chi connectivity index (χ4n) is 2.98. The maximum atomic E-state index is 12.5. The minimum absolute atomic E-state index is 0.0863. The van der Waals surface area contributed by atoms with E-state index < -0.39 is 0 Å². The normalized spacial score (nSPS) is 14.0. The molecule has 0 radical (unpaired) electrons. The number of aryl methyl sites for hydroxylation is 1. The number of rotatable bonds is 6. The summed E-state index contributed by atoms with van der Waals surface area (Å²) >= 11 is 0. The molecule has 24 heavy (non-hydrogen) atoms. The Morgan fingerprint density at radius 2 is 2.17 bits per heavy atom. The summed E-state index contributed by atoms with van der Waals surface area (Å²) in [4.78, 5) is 21.3. The van der Waals surface area contributed by atoms with Crippen LogP contribution in [0.2, 0.25) is 0 Å². The molecule has 0 atom stereocenters. The number of carbonyl (C=O) groups is 1. The zero-order valence-corrected chi connectivity index (χ0v) is 13.5. The fraction of sp³-hybridized carbons (Fsp3) is 0.316. The van der Waals surface area contributed by atoms with E-state index in [0.29, 0.717) is 18.2 Å². The summed E-state index contributed by atoms with van der Waals surface area (Å²) in [7, 11) is 0. The van der Waals surface area contributed by atoms with Gasteiger partial charge in [-0.3, -0.25) is 9.78 Å². The van der Waals surface area contributed by atoms with Crippen molar-refractivity contribution in [2.24, 2.45) is 0 Å². The van der Waals surface area contributed by atoms with E-state index in [4.69, 9.17) is 0 Å². The molecule has 5 nitrogen and oxygen atoms in total. The highest BCUT2D eigenvalue weighted by atomic mass is 16.1. The van der Waals surface area contributed by atoms with Gasteiger partial charge in [-0.05, 0) is 49.4 Å². The lowest BCUT2D eigenvalue weighted by Gasteiger charge is -2.04. The summed E-state index contributed by atoms with van der Waals surface area (Å²) in [5.41, 5.74) is 2.62. The van der Waals surface area contributed by atoms with Crippen LogP contribution in [-0.4, -0.2) is 26.8 Å². The Kier molecular flexibility index (Phi) is 3.99. The molecule has 5 heteroatoms.